The third kappa shape index (κ3) is 3.58. The highest BCUT2D eigenvalue weighted by molar-refractivity contribution is 6.31. The first-order chi connectivity index (χ1) is 15.4. The Labute approximate surface area is 185 Å². The van der Waals surface area contributed by atoms with E-state index in [1.807, 2.05) is 12.1 Å². The Balaban J connectivity index is 0.000000225. The third-order valence-electron chi connectivity index (χ3n) is 6.74. The van der Waals surface area contributed by atoms with Crippen molar-refractivity contribution in [3.8, 4) is 11.1 Å². The molecule has 2 aliphatic heterocycles. The van der Waals surface area contributed by atoms with Gasteiger partial charge in [0.05, 0.1) is 17.8 Å². The van der Waals surface area contributed by atoms with E-state index in [1.54, 1.807) is 12.1 Å². The fourth-order valence-corrected chi connectivity index (χ4v) is 4.37. The van der Waals surface area contributed by atoms with Gasteiger partial charge in [-0.3, -0.25) is 9.79 Å². The van der Waals surface area contributed by atoms with Crippen molar-refractivity contribution in [2.24, 2.45) is 16.6 Å². The molecular formula is C26H25F2N3O. The van der Waals surface area contributed by atoms with E-state index in [9.17, 15) is 13.6 Å². The molecule has 2 aliphatic carbocycles. The van der Waals surface area contributed by atoms with E-state index in [0.717, 1.165) is 36.9 Å². The van der Waals surface area contributed by atoms with Gasteiger partial charge in [-0.05, 0) is 49.0 Å². The number of carbonyl (C=O) groups is 1. The topological polar surface area (TPSA) is 67.5 Å². The van der Waals surface area contributed by atoms with Crippen LogP contribution in [-0.2, 0) is 10.2 Å². The summed E-state index contributed by atoms with van der Waals surface area (Å²) in [6, 6.07) is 8.29. The average molecular weight is 434 g/mol. The number of anilines is 1. The molecule has 0 saturated heterocycles. The van der Waals surface area contributed by atoms with Crippen LogP contribution in [0, 0.1) is 17.6 Å². The fraction of sp³-hybridized carbons (Fsp3) is 0.308. The van der Waals surface area contributed by atoms with Gasteiger partial charge >= 0.3 is 0 Å². The lowest BCUT2D eigenvalue weighted by Crippen LogP contribution is -2.19. The molecule has 0 aromatic heterocycles. The molecule has 2 aromatic rings. The summed E-state index contributed by atoms with van der Waals surface area (Å²) in [6.45, 7) is 5.09. The third-order valence-corrected chi connectivity index (χ3v) is 6.74. The SMILES string of the molecule is C1=CC(C2CC2)=NC1.C=C1C(=O)Nc2cc(F)c(-c3ccc(C4(CN)CC4)cc3)c(F)c21. The summed E-state index contributed by atoms with van der Waals surface area (Å²) in [4.78, 5) is 15.9. The second kappa shape index (κ2) is 7.78. The summed E-state index contributed by atoms with van der Waals surface area (Å²) in [5, 5.41) is 2.42. The molecule has 0 radical (unpaired) electrons. The molecular weight excluding hydrogens is 408 g/mol. The zero-order valence-corrected chi connectivity index (χ0v) is 17.8. The van der Waals surface area contributed by atoms with Crippen LogP contribution in [0.25, 0.3) is 16.7 Å². The number of allylic oxidation sites excluding steroid dienone is 1. The zero-order valence-electron chi connectivity index (χ0n) is 17.8. The van der Waals surface area contributed by atoms with Gasteiger partial charge in [0, 0.05) is 34.7 Å². The van der Waals surface area contributed by atoms with Crippen LogP contribution in [0.2, 0.25) is 0 Å². The number of nitrogens with one attached hydrogen (secondary N) is 1. The number of halogens is 2. The number of hydrogen-bond donors (Lipinski definition) is 2. The number of amides is 1. The standard InChI is InChI=1S/C19H16F2N2O.C7H9N/c1-10-15-14(23-18(10)24)8-13(20)16(17(15)21)11-2-4-12(5-3-11)19(9-22)6-7-19;1-2-7(8-5-1)6-3-4-6/h2-5,8H,1,6-7,9,22H2,(H,23,24);1-2,6H,3-5H2. The summed E-state index contributed by atoms with van der Waals surface area (Å²) in [5.74, 6) is -1.13. The molecule has 6 heteroatoms. The number of carbonyl (C=O) groups excluding carboxylic acids is 1. The lowest BCUT2D eigenvalue weighted by molar-refractivity contribution is -0.110. The van der Waals surface area contributed by atoms with Crippen molar-refractivity contribution in [3.05, 3.63) is 71.8 Å². The maximum atomic E-state index is 14.8. The van der Waals surface area contributed by atoms with Gasteiger partial charge in [-0.25, -0.2) is 8.78 Å². The van der Waals surface area contributed by atoms with Crippen molar-refractivity contribution in [2.75, 3.05) is 18.4 Å². The molecule has 0 bridgehead atoms. The Morgan fingerprint density at radius 1 is 1.16 bits per heavy atom. The molecule has 0 spiro atoms. The summed E-state index contributed by atoms with van der Waals surface area (Å²) >= 11 is 0. The van der Waals surface area contributed by atoms with Crippen molar-refractivity contribution in [2.45, 2.75) is 31.1 Å². The number of benzene rings is 2. The number of nitrogens with zero attached hydrogens (tertiary/aromatic N) is 1. The molecule has 1 amide bonds. The lowest BCUT2D eigenvalue weighted by Gasteiger charge is -2.14. The first kappa shape index (κ1) is 20.8. The van der Waals surface area contributed by atoms with E-state index in [1.165, 1.54) is 18.6 Å². The largest absolute Gasteiger partial charge is 0.330 e. The molecule has 32 heavy (non-hydrogen) atoms. The van der Waals surface area contributed by atoms with Crippen LogP contribution in [0.5, 0.6) is 0 Å². The Hall–Kier alpha value is -3.12. The zero-order chi connectivity index (χ0) is 22.5. The number of hydrogen-bond acceptors (Lipinski definition) is 3. The Morgan fingerprint density at radius 2 is 1.88 bits per heavy atom. The van der Waals surface area contributed by atoms with Crippen LogP contribution in [-0.4, -0.2) is 24.7 Å². The van der Waals surface area contributed by atoms with E-state index in [2.05, 4.69) is 29.0 Å². The minimum Gasteiger partial charge on any atom is -0.330 e. The Bertz CT molecular complexity index is 1170. The van der Waals surface area contributed by atoms with Crippen LogP contribution in [0.3, 0.4) is 0 Å². The van der Waals surface area contributed by atoms with Crippen molar-refractivity contribution >= 4 is 22.9 Å². The van der Waals surface area contributed by atoms with E-state index in [-0.39, 0.29) is 27.8 Å². The number of fused-ring (bicyclic) bond motifs is 1. The summed E-state index contributed by atoms with van der Waals surface area (Å²) in [6.07, 6.45) is 9.13. The van der Waals surface area contributed by atoms with Gasteiger partial charge in [-0.15, -0.1) is 0 Å². The molecule has 2 heterocycles. The normalized spacial score (nSPS) is 19.8. The van der Waals surface area contributed by atoms with E-state index in [0.29, 0.717) is 12.1 Å². The van der Waals surface area contributed by atoms with Gasteiger partial charge < -0.3 is 11.1 Å². The number of rotatable bonds is 4. The van der Waals surface area contributed by atoms with E-state index < -0.39 is 17.5 Å². The Kier molecular flexibility index (Phi) is 5.05. The number of aliphatic imine (C=N–C) groups is 1. The fourth-order valence-electron chi connectivity index (χ4n) is 4.37. The molecule has 4 nitrogen and oxygen atoms in total. The molecule has 164 valence electrons. The highest BCUT2D eigenvalue weighted by atomic mass is 19.1. The monoisotopic (exact) mass is 433 g/mol. The Morgan fingerprint density at radius 3 is 2.44 bits per heavy atom. The molecule has 0 atom stereocenters. The second-order valence-corrected chi connectivity index (χ2v) is 8.91. The molecule has 6 rings (SSSR count). The minimum absolute atomic E-state index is 0.0143. The van der Waals surface area contributed by atoms with Crippen LogP contribution in [0.15, 0.2) is 54.1 Å². The maximum absolute atomic E-state index is 14.8. The summed E-state index contributed by atoms with van der Waals surface area (Å²) < 4.78 is 29.3. The van der Waals surface area contributed by atoms with E-state index >= 15 is 0 Å². The maximum Gasteiger partial charge on any atom is 0.255 e. The molecule has 4 aliphatic rings. The van der Waals surface area contributed by atoms with Gasteiger partial charge in [0.15, 0.2) is 0 Å². The van der Waals surface area contributed by atoms with Gasteiger partial charge in [0.1, 0.15) is 11.6 Å². The van der Waals surface area contributed by atoms with Crippen LogP contribution in [0.4, 0.5) is 14.5 Å². The highest BCUT2D eigenvalue weighted by Gasteiger charge is 2.42. The quantitative estimate of drug-likeness (QED) is 0.667. The lowest BCUT2D eigenvalue weighted by atomic mass is 9.92. The van der Waals surface area contributed by atoms with Crippen molar-refractivity contribution in [3.63, 3.8) is 0 Å². The van der Waals surface area contributed by atoms with Gasteiger partial charge in [0.25, 0.3) is 5.91 Å². The molecule has 0 unspecified atom stereocenters. The van der Waals surface area contributed by atoms with Gasteiger partial charge in [0.2, 0.25) is 0 Å². The molecule has 2 fully saturated rings. The first-order valence-corrected chi connectivity index (χ1v) is 11.0. The smallest absolute Gasteiger partial charge is 0.255 e. The van der Waals surface area contributed by atoms with Crippen molar-refractivity contribution < 1.29 is 13.6 Å². The van der Waals surface area contributed by atoms with Crippen LogP contribution in [0.1, 0.15) is 36.8 Å². The van der Waals surface area contributed by atoms with Crippen molar-refractivity contribution in [1.29, 1.82) is 0 Å². The average Bonchev–Trinajstić information content (AvgIpc) is 3.71. The predicted octanol–water partition coefficient (Wildman–Crippen LogP) is 4.99. The predicted molar refractivity (Wildman–Crippen MR) is 124 cm³/mol. The summed E-state index contributed by atoms with van der Waals surface area (Å²) in [5.41, 5.74) is 8.76. The molecule has 2 saturated carbocycles. The van der Waals surface area contributed by atoms with Crippen LogP contribution < -0.4 is 11.1 Å². The van der Waals surface area contributed by atoms with Gasteiger partial charge in [-0.1, -0.05) is 36.9 Å². The van der Waals surface area contributed by atoms with Crippen molar-refractivity contribution in [1.82, 2.24) is 0 Å². The molecule has 2 aromatic carbocycles. The van der Waals surface area contributed by atoms with Gasteiger partial charge in [-0.2, -0.15) is 0 Å². The molecule has 3 N–H and O–H groups in total. The van der Waals surface area contributed by atoms with E-state index in [4.69, 9.17) is 5.73 Å². The van der Waals surface area contributed by atoms with Crippen LogP contribution >= 0.6 is 0 Å². The summed E-state index contributed by atoms with van der Waals surface area (Å²) in [7, 11) is 0. The number of nitrogens with two attached hydrogens (primary N) is 1. The highest BCUT2D eigenvalue weighted by Crippen LogP contribution is 2.48. The minimum atomic E-state index is -0.763. The second-order valence-electron chi connectivity index (χ2n) is 8.91. The first-order valence-electron chi connectivity index (χ1n) is 11.0.